The van der Waals surface area contributed by atoms with E-state index in [2.05, 4.69) is 34.2 Å². The summed E-state index contributed by atoms with van der Waals surface area (Å²) in [5.74, 6) is 0.682. The smallest absolute Gasteiger partial charge is 0.227 e. The molecule has 4 rings (SSSR count). The van der Waals surface area contributed by atoms with Gasteiger partial charge in [0.05, 0.1) is 12.5 Å². The number of carbonyl (C=O) groups excluding carboxylic acids is 1. The van der Waals surface area contributed by atoms with Crippen LogP contribution in [0.2, 0.25) is 0 Å². The number of carbonyl (C=O) groups is 1. The van der Waals surface area contributed by atoms with Crippen LogP contribution in [0.4, 0.5) is 5.82 Å². The highest BCUT2D eigenvalue weighted by molar-refractivity contribution is 5.90. The Labute approximate surface area is 157 Å². The van der Waals surface area contributed by atoms with Crippen LogP contribution in [-0.4, -0.2) is 47.0 Å². The van der Waals surface area contributed by atoms with E-state index in [4.69, 9.17) is 5.26 Å². The molecule has 2 aromatic carbocycles. The fourth-order valence-corrected chi connectivity index (χ4v) is 3.45. The second kappa shape index (κ2) is 7.04. The number of fused-ring (bicyclic) bond motifs is 1. The molecule has 0 atom stereocenters. The number of nitriles is 1. The summed E-state index contributed by atoms with van der Waals surface area (Å²) in [5, 5.41) is 11.4. The molecule has 1 aromatic heterocycles. The maximum absolute atomic E-state index is 12.8. The van der Waals surface area contributed by atoms with Crippen LogP contribution in [0.5, 0.6) is 0 Å². The summed E-state index contributed by atoms with van der Waals surface area (Å²) in [6, 6.07) is 16.4. The molecule has 1 saturated heterocycles. The Bertz CT molecular complexity index is 1030. The SMILES string of the molecule is CN(C(=O)Cc1cccc2ccccc12)C1CN(c2nccnc2C#N)C1. The Balaban J connectivity index is 1.43. The molecule has 0 unspecified atom stereocenters. The van der Waals surface area contributed by atoms with Gasteiger partial charge in [-0.2, -0.15) is 5.26 Å². The van der Waals surface area contributed by atoms with Crippen molar-refractivity contribution in [3.8, 4) is 6.07 Å². The molecule has 0 bridgehead atoms. The van der Waals surface area contributed by atoms with Gasteiger partial charge in [0.15, 0.2) is 11.5 Å². The van der Waals surface area contributed by atoms with E-state index in [9.17, 15) is 4.79 Å². The number of anilines is 1. The minimum absolute atomic E-state index is 0.0932. The van der Waals surface area contributed by atoms with E-state index in [0.717, 1.165) is 16.3 Å². The lowest BCUT2D eigenvalue weighted by molar-refractivity contribution is -0.131. The second-order valence-corrected chi connectivity index (χ2v) is 6.72. The Morgan fingerprint density at radius 1 is 1.19 bits per heavy atom. The minimum atomic E-state index is 0.0932. The monoisotopic (exact) mass is 357 g/mol. The number of aromatic nitrogens is 2. The van der Waals surface area contributed by atoms with E-state index < -0.39 is 0 Å². The van der Waals surface area contributed by atoms with Gasteiger partial charge in [-0.15, -0.1) is 0 Å². The Morgan fingerprint density at radius 3 is 2.74 bits per heavy atom. The van der Waals surface area contributed by atoms with E-state index in [0.29, 0.717) is 31.0 Å². The van der Waals surface area contributed by atoms with E-state index >= 15 is 0 Å². The third kappa shape index (κ3) is 3.20. The minimum Gasteiger partial charge on any atom is -0.350 e. The lowest BCUT2D eigenvalue weighted by atomic mass is 10.0. The fourth-order valence-electron chi connectivity index (χ4n) is 3.45. The van der Waals surface area contributed by atoms with E-state index in [-0.39, 0.29) is 11.9 Å². The van der Waals surface area contributed by atoms with Crippen molar-refractivity contribution in [3.63, 3.8) is 0 Å². The fraction of sp³-hybridized carbons (Fsp3) is 0.238. The highest BCUT2D eigenvalue weighted by Crippen LogP contribution is 2.24. The summed E-state index contributed by atoms with van der Waals surface area (Å²) >= 11 is 0. The van der Waals surface area contributed by atoms with Crippen molar-refractivity contribution in [1.82, 2.24) is 14.9 Å². The van der Waals surface area contributed by atoms with Crippen molar-refractivity contribution in [3.05, 3.63) is 66.1 Å². The van der Waals surface area contributed by atoms with Crippen LogP contribution in [0.3, 0.4) is 0 Å². The lowest BCUT2D eigenvalue weighted by Crippen LogP contribution is -2.60. The number of nitrogens with zero attached hydrogens (tertiary/aromatic N) is 5. The summed E-state index contributed by atoms with van der Waals surface area (Å²) < 4.78 is 0. The topological polar surface area (TPSA) is 73.1 Å². The van der Waals surface area contributed by atoms with Gasteiger partial charge >= 0.3 is 0 Å². The molecule has 1 aliphatic heterocycles. The molecule has 2 heterocycles. The zero-order valence-corrected chi connectivity index (χ0v) is 15.0. The molecule has 1 aliphatic rings. The Kier molecular flexibility index (Phi) is 4.43. The third-order valence-electron chi connectivity index (χ3n) is 5.11. The Hall–Kier alpha value is -3.46. The van der Waals surface area contributed by atoms with Gasteiger partial charge in [0.1, 0.15) is 6.07 Å². The van der Waals surface area contributed by atoms with Gasteiger partial charge in [-0.05, 0) is 16.3 Å². The maximum atomic E-state index is 12.8. The van der Waals surface area contributed by atoms with Crippen molar-refractivity contribution in [2.45, 2.75) is 12.5 Å². The zero-order chi connectivity index (χ0) is 18.8. The van der Waals surface area contributed by atoms with Crippen LogP contribution in [0.1, 0.15) is 11.3 Å². The molecule has 0 radical (unpaired) electrons. The number of amides is 1. The number of rotatable bonds is 4. The van der Waals surface area contributed by atoms with Crippen LogP contribution in [0.25, 0.3) is 10.8 Å². The highest BCUT2D eigenvalue weighted by Gasteiger charge is 2.34. The van der Waals surface area contributed by atoms with Crippen molar-refractivity contribution in [2.24, 2.45) is 0 Å². The molecule has 0 saturated carbocycles. The number of likely N-dealkylation sites (N-methyl/N-ethyl adjacent to an activating group) is 1. The molecular formula is C21H19N5O. The molecule has 0 N–H and O–H groups in total. The lowest BCUT2D eigenvalue weighted by Gasteiger charge is -2.44. The zero-order valence-electron chi connectivity index (χ0n) is 15.0. The second-order valence-electron chi connectivity index (χ2n) is 6.72. The molecule has 3 aromatic rings. The summed E-state index contributed by atoms with van der Waals surface area (Å²) in [4.78, 5) is 24.9. The molecule has 1 fully saturated rings. The number of hydrogen-bond acceptors (Lipinski definition) is 5. The van der Waals surface area contributed by atoms with Gasteiger partial charge < -0.3 is 9.80 Å². The predicted octanol–water partition coefficient (Wildman–Crippen LogP) is 2.39. The van der Waals surface area contributed by atoms with Crippen molar-refractivity contribution < 1.29 is 4.79 Å². The predicted molar refractivity (Wildman–Crippen MR) is 103 cm³/mol. The van der Waals surface area contributed by atoms with E-state index in [1.807, 2.05) is 36.2 Å². The Morgan fingerprint density at radius 2 is 1.93 bits per heavy atom. The first-order valence-corrected chi connectivity index (χ1v) is 8.85. The summed E-state index contributed by atoms with van der Waals surface area (Å²) in [6.45, 7) is 1.32. The average molecular weight is 357 g/mol. The van der Waals surface area contributed by atoms with Crippen LogP contribution in [-0.2, 0) is 11.2 Å². The largest absolute Gasteiger partial charge is 0.350 e. The van der Waals surface area contributed by atoms with Gasteiger partial charge in [0.2, 0.25) is 5.91 Å². The summed E-state index contributed by atoms with van der Waals surface area (Å²) in [5.41, 5.74) is 1.36. The normalized spacial score (nSPS) is 13.9. The molecule has 6 nitrogen and oxygen atoms in total. The molecule has 27 heavy (non-hydrogen) atoms. The van der Waals surface area contributed by atoms with Crippen LogP contribution in [0.15, 0.2) is 54.9 Å². The van der Waals surface area contributed by atoms with Crippen LogP contribution in [0, 0.1) is 11.3 Å². The van der Waals surface area contributed by atoms with Crippen LogP contribution < -0.4 is 4.90 Å². The number of benzene rings is 2. The molecule has 6 heteroatoms. The quantitative estimate of drug-likeness (QED) is 0.717. The molecule has 1 amide bonds. The first-order chi connectivity index (χ1) is 13.2. The molecule has 0 aliphatic carbocycles. The van der Waals surface area contributed by atoms with Crippen molar-refractivity contribution in [2.75, 3.05) is 25.0 Å². The molecular weight excluding hydrogens is 338 g/mol. The van der Waals surface area contributed by atoms with Gasteiger partial charge in [-0.3, -0.25) is 4.79 Å². The maximum Gasteiger partial charge on any atom is 0.227 e. The standard InChI is InChI=1S/C21H19N5O/c1-25(17-13-26(14-17)21-19(12-22)23-9-10-24-21)20(27)11-16-7-4-6-15-5-2-3-8-18(15)16/h2-10,17H,11,13-14H2,1H3. The number of hydrogen-bond donors (Lipinski definition) is 0. The van der Waals surface area contributed by atoms with E-state index in [1.54, 1.807) is 11.1 Å². The van der Waals surface area contributed by atoms with Crippen molar-refractivity contribution in [1.29, 1.82) is 5.26 Å². The van der Waals surface area contributed by atoms with E-state index in [1.165, 1.54) is 6.20 Å². The third-order valence-corrected chi connectivity index (χ3v) is 5.11. The van der Waals surface area contributed by atoms with Gasteiger partial charge in [0, 0.05) is 32.5 Å². The van der Waals surface area contributed by atoms with Crippen molar-refractivity contribution >= 4 is 22.5 Å². The average Bonchev–Trinajstić information content (AvgIpc) is 2.67. The van der Waals surface area contributed by atoms with Gasteiger partial charge in [-0.1, -0.05) is 42.5 Å². The molecule has 134 valence electrons. The highest BCUT2D eigenvalue weighted by atomic mass is 16.2. The van der Waals surface area contributed by atoms with Crippen LogP contribution >= 0.6 is 0 Å². The molecule has 0 spiro atoms. The summed E-state index contributed by atoms with van der Waals surface area (Å²) in [6.07, 6.45) is 3.47. The van der Waals surface area contributed by atoms with Gasteiger partial charge in [-0.25, -0.2) is 9.97 Å². The first-order valence-electron chi connectivity index (χ1n) is 8.85. The van der Waals surface area contributed by atoms with Gasteiger partial charge in [0.25, 0.3) is 0 Å². The first kappa shape index (κ1) is 17.0. The summed E-state index contributed by atoms with van der Waals surface area (Å²) in [7, 11) is 1.84.